The van der Waals surface area contributed by atoms with Gasteiger partial charge in [-0.2, -0.15) is 0 Å². The smallest absolute Gasteiger partial charge is 0.120 e. The molecule has 0 saturated carbocycles. The van der Waals surface area contributed by atoms with Crippen molar-refractivity contribution in [2.24, 2.45) is 0 Å². The predicted octanol–water partition coefficient (Wildman–Crippen LogP) is 2.75. The molecule has 1 aromatic heterocycles. The van der Waals surface area contributed by atoms with Gasteiger partial charge in [0.1, 0.15) is 6.29 Å². The zero-order valence-electron chi connectivity index (χ0n) is 9.68. The van der Waals surface area contributed by atoms with Crippen LogP contribution in [0.25, 0.3) is 11.0 Å². The van der Waals surface area contributed by atoms with Crippen molar-refractivity contribution in [1.29, 1.82) is 0 Å². The lowest BCUT2D eigenvalue weighted by atomic mass is 10.1. The molecule has 16 heavy (non-hydrogen) atoms. The molecule has 2 rings (SSSR count). The normalized spacial score (nSPS) is 11.2. The van der Waals surface area contributed by atoms with Gasteiger partial charge in [-0.3, -0.25) is 0 Å². The summed E-state index contributed by atoms with van der Waals surface area (Å²) in [7, 11) is 0. The van der Waals surface area contributed by atoms with Crippen molar-refractivity contribution in [3.63, 3.8) is 0 Å². The standard InChI is InChI=1S/C13H16N2O/c1-10(2)15-9-14-12-8-11(4-3-7-16)5-6-13(12)15/h5-10H,3-4H2,1-2H3. The summed E-state index contributed by atoms with van der Waals surface area (Å²) in [5, 5.41) is 0. The Labute approximate surface area is 95.1 Å². The molecule has 0 aliphatic carbocycles. The first-order valence-corrected chi connectivity index (χ1v) is 5.61. The van der Waals surface area contributed by atoms with Gasteiger partial charge in [0.25, 0.3) is 0 Å². The van der Waals surface area contributed by atoms with Crippen LogP contribution in [0.1, 0.15) is 31.9 Å². The van der Waals surface area contributed by atoms with Crippen LogP contribution in [0.4, 0.5) is 0 Å². The second-order valence-corrected chi connectivity index (χ2v) is 4.27. The van der Waals surface area contributed by atoms with Gasteiger partial charge in [-0.15, -0.1) is 0 Å². The van der Waals surface area contributed by atoms with E-state index in [2.05, 4.69) is 41.6 Å². The van der Waals surface area contributed by atoms with E-state index in [0.29, 0.717) is 12.5 Å². The van der Waals surface area contributed by atoms with E-state index in [1.165, 1.54) is 5.56 Å². The van der Waals surface area contributed by atoms with Gasteiger partial charge >= 0.3 is 0 Å². The number of carbonyl (C=O) groups excluding carboxylic acids is 1. The Morgan fingerprint density at radius 3 is 2.94 bits per heavy atom. The topological polar surface area (TPSA) is 34.9 Å². The molecule has 0 aliphatic rings. The number of benzene rings is 1. The Balaban J connectivity index is 2.37. The van der Waals surface area contributed by atoms with E-state index in [0.717, 1.165) is 23.7 Å². The third-order valence-electron chi connectivity index (χ3n) is 2.75. The third kappa shape index (κ3) is 1.98. The van der Waals surface area contributed by atoms with Gasteiger partial charge < -0.3 is 9.36 Å². The molecule has 0 N–H and O–H groups in total. The number of fused-ring (bicyclic) bond motifs is 1. The molecule has 0 amide bonds. The summed E-state index contributed by atoms with van der Waals surface area (Å²) in [5.74, 6) is 0. The monoisotopic (exact) mass is 216 g/mol. The average molecular weight is 216 g/mol. The second kappa shape index (κ2) is 4.47. The summed E-state index contributed by atoms with van der Waals surface area (Å²) >= 11 is 0. The van der Waals surface area contributed by atoms with E-state index < -0.39 is 0 Å². The minimum Gasteiger partial charge on any atom is -0.328 e. The molecule has 0 unspecified atom stereocenters. The Kier molecular flexibility index (Phi) is 3.04. The van der Waals surface area contributed by atoms with E-state index >= 15 is 0 Å². The van der Waals surface area contributed by atoms with Crippen LogP contribution in [0.2, 0.25) is 0 Å². The number of hydrogen-bond donors (Lipinski definition) is 0. The highest BCUT2D eigenvalue weighted by atomic mass is 16.1. The largest absolute Gasteiger partial charge is 0.328 e. The second-order valence-electron chi connectivity index (χ2n) is 4.27. The molecule has 84 valence electrons. The number of imidazole rings is 1. The quantitative estimate of drug-likeness (QED) is 0.736. The molecule has 0 radical (unpaired) electrons. The van der Waals surface area contributed by atoms with Crippen LogP contribution >= 0.6 is 0 Å². The summed E-state index contributed by atoms with van der Waals surface area (Å²) in [6.45, 7) is 4.28. The maximum Gasteiger partial charge on any atom is 0.120 e. The number of aryl methyl sites for hydroxylation is 1. The molecule has 0 aliphatic heterocycles. The molecular formula is C13H16N2O. The Morgan fingerprint density at radius 1 is 1.44 bits per heavy atom. The highest BCUT2D eigenvalue weighted by Crippen LogP contribution is 2.19. The van der Waals surface area contributed by atoms with Crippen LogP contribution in [0.5, 0.6) is 0 Å². The molecule has 0 bridgehead atoms. The highest BCUT2D eigenvalue weighted by molar-refractivity contribution is 5.76. The van der Waals surface area contributed by atoms with Gasteiger partial charge in [0.05, 0.1) is 17.4 Å². The molecule has 0 saturated heterocycles. The Hall–Kier alpha value is -1.64. The maximum absolute atomic E-state index is 10.3. The summed E-state index contributed by atoms with van der Waals surface area (Å²) in [5.41, 5.74) is 3.34. The van der Waals surface area contributed by atoms with Gasteiger partial charge in [-0.05, 0) is 38.0 Å². The van der Waals surface area contributed by atoms with Crippen LogP contribution < -0.4 is 0 Å². The molecule has 3 heteroatoms. The summed E-state index contributed by atoms with van der Waals surface area (Å²) in [6.07, 6.45) is 4.21. The SMILES string of the molecule is CC(C)n1cnc2cc(CCC=O)ccc21. The predicted molar refractivity (Wildman–Crippen MR) is 64.5 cm³/mol. The fourth-order valence-electron chi connectivity index (χ4n) is 1.87. The van der Waals surface area contributed by atoms with E-state index in [9.17, 15) is 4.79 Å². The van der Waals surface area contributed by atoms with Gasteiger partial charge in [0, 0.05) is 12.5 Å². The lowest BCUT2D eigenvalue weighted by molar-refractivity contribution is -0.107. The molecule has 1 heterocycles. The van der Waals surface area contributed by atoms with Crippen molar-refractivity contribution in [2.45, 2.75) is 32.7 Å². The Morgan fingerprint density at radius 2 is 2.25 bits per heavy atom. The fourth-order valence-corrected chi connectivity index (χ4v) is 1.87. The van der Waals surface area contributed by atoms with Crippen LogP contribution in [-0.4, -0.2) is 15.8 Å². The number of carbonyl (C=O) groups is 1. The molecule has 2 aromatic rings. The zero-order valence-corrected chi connectivity index (χ0v) is 9.68. The molecule has 3 nitrogen and oxygen atoms in total. The Bertz CT molecular complexity index is 500. The fraction of sp³-hybridized carbons (Fsp3) is 0.385. The summed E-state index contributed by atoms with van der Waals surface area (Å²) < 4.78 is 2.15. The summed E-state index contributed by atoms with van der Waals surface area (Å²) in [6, 6.07) is 6.65. The number of hydrogen-bond acceptors (Lipinski definition) is 2. The minimum absolute atomic E-state index is 0.422. The molecule has 1 aromatic carbocycles. The number of aromatic nitrogens is 2. The van der Waals surface area contributed by atoms with Crippen LogP contribution in [0.15, 0.2) is 24.5 Å². The zero-order chi connectivity index (χ0) is 11.5. The van der Waals surface area contributed by atoms with Crippen molar-refractivity contribution >= 4 is 17.3 Å². The van der Waals surface area contributed by atoms with Crippen LogP contribution in [0.3, 0.4) is 0 Å². The first-order chi connectivity index (χ1) is 7.72. The number of rotatable bonds is 4. The number of nitrogens with zero attached hydrogens (tertiary/aromatic N) is 2. The van der Waals surface area contributed by atoms with E-state index in [1.54, 1.807) is 0 Å². The van der Waals surface area contributed by atoms with Crippen LogP contribution in [-0.2, 0) is 11.2 Å². The van der Waals surface area contributed by atoms with Crippen molar-refractivity contribution in [3.8, 4) is 0 Å². The first-order valence-electron chi connectivity index (χ1n) is 5.61. The molecular weight excluding hydrogens is 200 g/mol. The highest BCUT2D eigenvalue weighted by Gasteiger charge is 2.05. The van der Waals surface area contributed by atoms with E-state index in [-0.39, 0.29) is 0 Å². The van der Waals surface area contributed by atoms with E-state index in [1.807, 2.05) is 6.33 Å². The maximum atomic E-state index is 10.3. The lowest BCUT2D eigenvalue weighted by Gasteiger charge is -2.07. The molecule has 0 fully saturated rings. The van der Waals surface area contributed by atoms with Crippen molar-refractivity contribution in [1.82, 2.24) is 9.55 Å². The molecule has 0 atom stereocenters. The van der Waals surface area contributed by atoms with Gasteiger partial charge in [0.15, 0.2) is 0 Å². The van der Waals surface area contributed by atoms with Gasteiger partial charge in [-0.1, -0.05) is 6.07 Å². The average Bonchev–Trinajstić information content (AvgIpc) is 2.69. The summed E-state index contributed by atoms with van der Waals surface area (Å²) in [4.78, 5) is 14.7. The van der Waals surface area contributed by atoms with Crippen molar-refractivity contribution < 1.29 is 4.79 Å². The number of aldehydes is 1. The molecule has 0 spiro atoms. The van der Waals surface area contributed by atoms with Crippen LogP contribution in [0, 0.1) is 0 Å². The van der Waals surface area contributed by atoms with Crippen molar-refractivity contribution in [3.05, 3.63) is 30.1 Å². The van der Waals surface area contributed by atoms with Crippen molar-refractivity contribution in [2.75, 3.05) is 0 Å². The lowest BCUT2D eigenvalue weighted by Crippen LogP contribution is -1.98. The van der Waals surface area contributed by atoms with Gasteiger partial charge in [0.2, 0.25) is 0 Å². The van der Waals surface area contributed by atoms with Gasteiger partial charge in [-0.25, -0.2) is 4.98 Å². The third-order valence-corrected chi connectivity index (χ3v) is 2.75. The minimum atomic E-state index is 0.422. The van der Waals surface area contributed by atoms with E-state index in [4.69, 9.17) is 0 Å². The first kappa shape index (κ1) is 10.9.